The molecule has 1 heterocycles. The van der Waals surface area contributed by atoms with Crippen LogP contribution in [-0.4, -0.2) is 4.57 Å². The van der Waals surface area contributed by atoms with Gasteiger partial charge in [-0.25, -0.2) is 9.13 Å². The molecule has 28 heavy (non-hydrogen) atoms. The van der Waals surface area contributed by atoms with Crippen LogP contribution in [0.4, 0.5) is 0 Å². The van der Waals surface area contributed by atoms with E-state index in [0.717, 1.165) is 0 Å². The molecule has 0 radical (unpaired) electrons. The Bertz CT molecular complexity index is 449. The van der Waals surface area contributed by atoms with Gasteiger partial charge in [-0.15, -0.1) is 0 Å². The molecule has 1 aromatic rings. The van der Waals surface area contributed by atoms with E-state index in [1.165, 1.54) is 134 Å². The Morgan fingerprint density at radius 1 is 0.607 bits per heavy atom. The lowest BCUT2D eigenvalue weighted by atomic mass is 10.0. The standard InChI is InChI=1S/C26H51N2/c1-4-6-8-10-12-13-14-15-16-17-18-20-22-26-27(3)24-25-28(26)23-21-19-11-9-7-5-2/h24-25H,4-23H2,1-3H3/q+1. The third kappa shape index (κ3) is 12.6. The average molecular weight is 392 g/mol. The molecule has 0 fully saturated rings. The molecule has 0 saturated carbocycles. The van der Waals surface area contributed by atoms with Crippen molar-refractivity contribution in [2.24, 2.45) is 7.05 Å². The molecule has 1 aromatic heterocycles. The molecule has 164 valence electrons. The first-order valence-electron chi connectivity index (χ1n) is 12.8. The van der Waals surface area contributed by atoms with E-state index < -0.39 is 0 Å². The molecule has 0 bridgehead atoms. The molecule has 0 spiro atoms. The molecule has 0 aromatic carbocycles. The number of hydrogen-bond donors (Lipinski definition) is 0. The summed E-state index contributed by atoms with van der Waals surface area (Å²) in [6.45, 7) is 5.80. The van der Waals surface area contributed by atoms with Crippen LogP contribution in [0.3, 0.4) is 0 Å². The molecule has 0 atom stereocenters. The Labute approximate surface area is 177 Å². The van der Waals surface area contributed by atoms with Gasteiger partial charge in [0.2, 0.25) is 0 Å². The minimum atomic E-state index is 1.21. The number of aryl methyl sites for hydroxylation is 2. The van der Waals surface area contributed by atoms with Crippen LogP contribution in [-0.2, 0) is 20.0 Å². The summed E-state index contributed by atoms with van der Waals surface area (Å²) in [6.07, 6.45) is 31.3. The Hall–Kier alpha value is -0.790. The van der Waals surface area contributed by atoms with Crippen molar-refractivity contribution in [2.75, 3.05) is 0 Å². The molecule has 2 heteroatoms. The number of unbranched alkanes of at least 4 members (excludes halogenated alkanes) is 16. The predicted octanol–water partition coefficient (Wildman–Crippen LogP) is 7.92. The fourth-order valence-corrected chi connectivity index (χ4v) is 4.27. The van der Waals surface area contributed by atoms with Crippen molar-refractivity contribution in [3.63, 3.8) is 0 Å². The van der Waals surface area contributed by atoms with Gasteiger partial charge in [0.05, 0.1) is 13.6 Å². The average Bonchev–Trinajstić information content (AvgIpc) is 3.05. The molecule has 0 N–H and O–H groups in total. The van der Waals surface area contributed by atoms with Crippen LogP contribution in [0.1, 0.15) is 135 Å². The minimum Gasteiger partial charge on any atom is -0.237 e. The predicted molar refractivity (Wildman–Crippen MR) is 124 cm³/mol. The highest BCUT2D eigenvalue weighted by Crippen LogP contribution is 2.13. The summed E-state index contributed by atoms with van der Waals surface area (Å²) in [5.74, 6) is 1.53. The molecular formula is C26H51N2+. The minimum absolute atomic E-state index is 1.21. The summed E-state index contributed by atoms with van der Waals surface area (Å²) in [4.78, 5) is 0. The van der Waals surface area contributed by atoms with E-state index in [-0.39, 0.29) is 0 Å². The molecule has 0 aliphatic rings. The highest BCUT2D eigenvalue weighted by atomic mass is 15.1. The summed E-state index contributed by atoms with van der Waals surface area (Å²) in [6, 6.07) is 0. The number of imidazole rings is 1. The maximum Gasteiger partial charge on any atom is 0.256 e. The largest absolute Gasteiger partial charge is 0.256 e. The van der Waals surface area contributed by atoms with Crippen molar-refractivity contribution < 1.29 is 4.57 Å². The zero-order chi connectivity index (χ0) is 20.3. The highest BCUT2D eigenvalue weighted by molar-refractivity contribution is 4.84. The van der Waals surface area contributed by atoms with Crippen molar-refractivity contribution >= 4 is 0 Å². The quantitative estimate of drug-likeness (QED) is 0.158. The first-order valence-corrected chi connectivity index (χ1v) is 12.8. The Morgan fingerprint density at radius 3 is 1.54 bits per heavy atom. The Kier molecular flexibility index (Phi) is 16.5. The lowest BCUT2D eigenvalue weighted by molar-refractivity contribution is -0.678. The number of rotatable bonds is 20. The van der Waals surface area contributed by atoms with Crippen molar-refractivity contribution in [1.82, 2.24) is 4.57 Å². The van der Waals surface area contributed by atoms with E-state index in [2.05, 4.69) is 42.4 Å². The normalized spacial score (nSPS) is 11.4. The number of aromatic nitrogens is 2. The molecule has 1 rings (SSSR count). The SMILES string of the molecule is CCCCCCCCCCCCCCc1n(CCCCCCCC)cc[n+]1C. The van der Waals surface area contributed by atoms with E-state index >= 15 is 0 Å². The van der Waals surface area contributed by atoms with E-state index in [0.29, 0.717) is 0 Å². The molecule has 0 unspecified atom stereocenters. The smallest absolute Gasteiger partial charge is 0.237 e. The fourth-order valence-electron chi connectivity index (χ4n) is 4.27. The van der Waals surface area contributed by atoms with E-state index in [1.807, 2.05) is 0 Å². The molecule has 0 saturated heterocycles. The summed E-state index contributed by atoms with van der Waals surface area (Å²) in [7, 11) is 2.22. The van der Waals surface area contributed by atoms with E-state index in [4.69, 9.17) is 0 Å². The lowest BCUT2D eigenvalue weighted by Gasteiger charge is -2.05. The summed E-state index contributed by atoms with van der Waals surface area (Å²) < 4.78 is 4.86. The fraction of sp³-hybridized carbons (Fsp3) is 0.885. The monoisotopic (exact) mass is 391 g/mol. The Morgan fingerprint density at radius 2 is 1.04 bits per heavy atom. The third-order valence-corrected chi connectivity index (χ3v) is 6.22. The van der Waals surface area contributed by atoms with Gasteiger partial charge in [0.15, 0.2) is 0 Å². The first kappa shape index (κ1) is 25.2. The van der Waals surface area contributed by atoms with Gasteiger partial charge in [-0.05, 0) is 19.3 Å². The van der Waals surface area contributed by atoms with Gasteiger partial charge in [0, 0.05) is 6.42 Å². The van der Waals surface area contributed by atoms with Crippen LogP contribution >= 0.6 is 0 Å². The van der Waals surface area contributed by atoms with Gasteiger partial charge >= 0.3 is 0 Å². The maximum atomic E-state index is 2.51. The van der Waals surface area contributed by atoms with Gasteiger partial charge in [0.1, 0.15) is 12.4 Å². The van der Waals surface area contributed by atoms with Crippen molar-refractivity contribution in [3.8, 4) is 0 Å². The van der Waals surface area contributed by atoms with Gasteiger partial charge in [-0.3, -0.25) is 0 Å². The summed E-state index contributed by atoms with van der Waals surface area (Å²) >= 11 is 0. The van der Waals surface area contributed by atoms with Gasteiger partial charge < -0.3 is 0 Å². The second kappa shape index (κ2) is 18.3. The second-order valence-corrected chi connectivity index (χ2v) is 8.93. The van der Waals surface area contributed by atoms with Crippen LogP contribution in [0.15, 0.2) is 12.4 Å². The van der Waals surface area contributed by atoms with Gasteiger partial charge in [-0.2, -0.15) is 0 Å². The summed E-state index contributed by atoms with van der Waals surface area (Å²) in [5, 5.41) is 0. The molecule has 2 nitrogen and oxygen atoms in total. The first-order chi connectivity index (χ1) is 13.8. The van der Waals surface area contributed by atoms with Crippen molar-refractivity contribution in [3.05, 3.63) is 18.2 Å². The zero-order valence-corrected chi connectivity index (χ0v) is 19.7. The highest BCUT2D eigenvalue weighted by Gasteiger charge is 2.13. The third-order valence-electron chi connectivity index (χ3n) is 6.22. The van der Waals surface area contributed by atoms with Crippen LogP contribution in [0, 0.1) is 0 Å². The number of nitrogens with zero attached hydrogens (tertiary/aromatic N) is 2. The van der Waals surface area contributed by atoms with Crippen molar-refractivity contribution in [2.45, 2.75) is 142 Å². The molecule has 0 aliphatic heterocycles. The van der Waals surface area contributed by atoms with Crippen LogP contribution in [0.5, 0.6) is 0 Å². The summed E-state index contributed by atoms with van der Waals surface area (Å²) in [5.41, 5.74) is 0. The Balaban J connectivity index is 2.02. The maximum absolute atomic E-state index is 2.51. The van der Waals surface area contributed by atoms with Crippen molar-refractivity contribution in [1.29, 1.82) is 0 Å². The van der Waals surface area contributed by atoms with Crippen LogP contribution < -0.4 is 4.57 Å². The zero-order valence-electron chi connectivity index (χ0n) is 19.7. The van der Waals surface area contributed by atoms with Crippen LogP contribution in [0.25, 0.3) is 0 Å². The van der Waals surface area contributed by atoms with E-state index in [1.54, 1.807) is 0 Å². The molecule has 0 amide bonds. The van der Waals surface area contributed by atoms with Crippen LogP contribution in [0.2, 0.25) is 0 Å². The van der Waals surface area contributed by atoms with Gasteiger partial charge in [0.25, 0.3) is 5.82 Å². The second-order valence-electron chi connectivity index (χ2n) is 8.93. The molecule has 0 aliphatic carbocycles. The number of hydrogen-bond acceptors (Lipinski definition) is 0. The lowest BCUT2D eigenvalue weighted by Crippen LogP contribution is -2.32. The topological polar surface area (TPSA) is 8.81 Å². The van der Waals surface area contributed by atoms with E-state index in [9.17, 15) is 0 Å². The molecular weight excluding hydrogens is 340 g/mol. The van der Waals surface area contributed by atoms with Gasteiger partial charge in [-0.1, -0.05) is 110 Å².